The molecule has 6 nitrogen and oxygen atoms in total. The van der Waals surface area contributed by atoms with Crippen LogP contribution in [0.5, 0.6) is 11.5 Å². The number of nitrogens with zero attached hydrogens (tertiary/aromatic N) is 2. The zero-order valence-electron chi connectivity index (χ0n) is 16.5. The predicted molar refractivity (Wildman–Crippen MR) is 107 cm³/mol. The second-order valence-corrected chi connectivity index (χ2v) is 6.70. The van der Waals surface area contributed by atoms with Gasteiger partial charge in [0.15, 0.2) is 18.1 Å². The molecule has 0 radical (unpaired) electrons. The van der Waals surface area contributed by atoms with Crippen molar-refractivity contribution >= 4 is 11.8 Å². The summed E-state index contributed by atoms with van der Waals surface area (Å²) in [7, 11) is 0. The van der Waals surface area contributed by atoms with Gasteiger partial charge in [-0.25, -0.2) is 4.39 Å². The van der Waals surface area contributed by atoms with Gasteiger partial charge in [-0.3, -0.25) is 9.59 Å². The molecule has 0 bridgehead atoms. The minimum atomic E-state index is -0.375. The Balaban J connectivity index is 1.54. The SMILES string of the molecule is CCOc1ccccc1OCC(=O)N1CCCN(C(=O)c2ccc(F)cc2)CC1. The maximum Gasteiger partial charge on any atom is 0.260 e. The van der Waals surface area contributed by atoms with E-state index in [1.54, 1.807) is 21.9 Å². The first-order chi connectivity index (χ1) is 14.1. The smallest absolute Gasteiger partial charge is 0.260 e. The molecule has 0 saturated carbocycles. The number of rotatable bonds is 6. The lowest BCUT2D eigenvalue weighted by Gasteiger charge is -2.22. The van der Waals surface area contributed by atoms with Gasteiger partial charge >= 0.3 is 0 Å². The van der Waals surface area contributed by atoms with Crippen LogP contribution in [0.25, 0.3) is 0 Å². The van der Waals surface area contributed by atoms with Gasteiger partial charge in [0.05, 0.1) is 6.61 Å². The molecule has 0 N–H and O–H groups in total. The van der Waals surface area contributed by atoms with Gasteiger partial charge in [0.25, 0.3) is 11.8 Å². The van der Waals surface area contributed by atoms with Gasteiger partial charge in [0, 0.05) is 31.7 Å². The lowest BCUT2D eigenvalue weighted by Crippen LogP contribution is -2.39. The Morgan fingerprint density at radius 1 is 0.897 bits per heavy atom. The van der Waals surface area contributed by atoms with Gasteiger partial charge in [-0.1, -0.05) is 12.1 Å². The predicted octanol–water partition coefficient (Wildman–Crippen LogP) is 2.98. The second kappa shape index (κ2) is 9.91. The Morgan fingerprint density at radius 2 is 1.52 bits per heavy atom. The van der Waals surface area contributed by atoms with Crippen molar-refractivity contribution < 1.29 is 23.5 Å². The molecule has 2 aromatic carbocycles. The zero-order valence-corrected chi connectivity index (χ0v) is 16.5. The van der Waals surface area contributed by atoms with Crippen molar-refractivity contribution in [1.29, 1.82) is 0 Å². The molecule has 0 atom stereocenters. The zero-order chi connectivity index (χ0) is 20.6. The number of benzene rings is 2. The molecule has 154 valence electrons. The minimum Gasteiger partial charge on any atom is -0.490 e. The van der Waals surface area contributed by atoms with Gasteiger partial charge in [-0.15, -0.1) is 0 Å². The molecule has 1 heterocycles. The fraction of sp³-hybridized carbons (Fsp3) is 0.364. The fourth-order valence-corrected chi connectivity index (χ4v) is 3.22. The molecular formula is C22H25FN2O4. The normalized spacial score (nSPS) is 14.3. The monoisotopic (exact) mass is 400 g/mol. The summed E-state index contributed by atoms with van der Waals surface area (Å²) >= 11 is 0. The van der Waals surface area contributed by atoms with Crippen LogP contribution in [-0.2, 0) is 4.79 Å². The van der Waals surface area contributed by atoms with Crippen molar-refractivity contribution in [2.24, 2.45) is 0 Å². The van der Waals surface area contributed by atoms with Crippen molar-refractivity contribution in [3.63, 3.8) is 0 Å². The summed E-state index contributed by atoms with van der Waals surface area (Å²) in [5, 5.41) is 0. The van der Waals surface area contributed by atoms with Crippen LogP contribution in [0.4, 0.5) is 4.39 Å². The van der Waals surface area contributed by atoms with E-state index >= 15 is 0 Å². The average Bonchev–Trinajstić information content (AvgIpc) is 2.99. The van der Waals surface area contributed by atoms with E-state index in [9.17, 15) is 14.0 Å². The van der Waals surface area contributed by atoms with Crippen molar-refractivity contribution in [2.45, 2.75) is 13.3 Å². The summed E-state index contributed by atoms with van der Waals surface area (Å²) < 4.78 is 24.2. The molecule has 29 heavy (non-hydrogen) atoms. The number of amides is 2. The van der Waals surface area contributed by atoms with E-state index in [4.69, 9.17) is 9.47 Å². The quantitative estimate of drug-likeness (QED) is 0.748. The first-order valence-electron chi connectivity index (χ1n) is 9.75. The highest BCUT2D eigenvalue weighted by Gasteiger charge is 2.23. The van der Waals surface area contributed by atoms with E-state index in [1.165, 1.54) is 24.3 Å². The van der Waals surface area contributed by atoms with Crippen LogP contribution in [0.2, 0.25) is 0 Å². The van der Waals surface area contributed by atoms with Crippen molar-refractivity contribution in [3.8, 4) is 11.5 Å². The summed E-state index contributed by atoms with van der Waals surface area (Å²) in [6, 6.07) is 12.8. The van der Waals surface area contributed by atoms with Crippen molar-refractivity contribution in [2.75, 3.05) is 39.4 Å². The highest BCUT2D eigenvalue weighted by molar-refractivity contribution is 5.94. The number of ether oxygens (including phenoxy) is 2. The van der Waals surface area contributed by atoms with Gasteiger partial charge in [0.1, 0.15) is 5.82 Å². The lowest BCUT2D eigenvalue weighted by molar-refractivity contribution is -0.133. The van der Waals surface area contributed by atoms with E-state index in [0.29, 0.717) is 56.3 Å². The Labute approximate surface area is 169 Å². The molecule has 3 rings (SSSR count). The Kier molecular flexibility index (Phi) is 7.05. The third-order valence-corrected chi connectivity index (χ3v) is 4.73. The molecule has 0 aromatic heterocycles. The molecule has 1 fully saturated rings. The van der Waals surface area contributed by atoms with Crippen LogP contribution < -0.4 is 9.47 Å². The molecule has 2 aromatic rings. The molecule has 7 heteroatoms. The number of hydrogen-bond acceptors (Lipinski definition) is 4. The van der Waals surface area contributed by atoms with E-state index in [-0.39, 0.29) is 24.2 Å². The van der Waals surface area contributed by atoms with Crippen LogP contribution in [0.1, 0.15) is 23.7 Å². The largest absolute Gasteiger partial charge is 0.490 e. The lowest BCUT2D eigenvalue weighted by atomic mass is 10.2. The molecule has 1 aliphatic heterocycles. The van der Waals surface area contributed by atoms with Gasteiger partial charge in [-0.2, -0.15) is 0 Å². The summed E-state index contributed by atoms with van der Waals surface area (Å²) in [5.41, 5.74) is 0.446. The van der Waals surface area contributed by atoms with Crippen LogP contribution in [0.3, 0.4) is 0 Å². The Bertz CT molecular complexity index is 841. The highest BCUT2D eigenvalue weighted by Crippen LogP contribution is 2.26. The third kappa shape index (κ3) is 5.47. The summed E-state index contributed by atoms with van der Waals surface area (Å²) in [5.74, 6) is 0.481. The first kappa shape index (κ1) is 20.6. The maximum absolute atomic E-state index is 13.1. The van der Waals surface area contributed by atoms with Gasteiger partial charge < -0.3 is 19.3 Å². The molecule has 0 aliphatic carbocycles. The molecule has 1 aliphatic rings. The fourth-order valence-electron chi connectivity index (χ4n) is 3.22. The molecule has 2 amide bonds. The van der Waals surface area contributed by atoms with E-state index in [1.807, 2.05) is 19.1 Å². The van der Waals surface area contributed by atoms with Crippen LogP contribution in [0.15, 0.2) is 48.5 Å². The average molecular weight is 400 g/mol. The first-order valence-corrected chi connectivity index (χ1v) is 9.75. The van der Waals surface area contributed by atoms with Crippen LogP contribution in [0, 0.1) is 5.82 Å². The van der Waals surface area contributed by atoms with E-state index in [2.05, 4.69) is 0 Å². The summed E-state index contributed by atoms with van der Waals surface area (Å²) in [6.45, 7) is 4.28. The minimum absolute atomic E-state index is 0.0873. The number of para-hydroxylation sites is 2. The van der Waals surface area contributed by atoms with Gasteiger partial charge in [0.2, 0.25) is 0 Å². The molecule has 0 unspecified atom stereocenters. The third-order valence-electron chi connectivity index (χ3n) is 4.73. The van der Waals surface area contributed by atoms with E-state index < -0.39 is 0 Å². The van der Waals surface area contributed by atoms with Crippen LogP contribution in [-0.4, -0.2) is 61.0 Å². The van der Waals surface area contributed by atoms with Crippen LogP contribution >= 0.6 is 0 Å². The number of carbonyl (C=O) groups is 2. The summed E-state index contributed by atoms with van der Waals surface area (Å²) in [6.07, 6.45) is 0.675. The number of carbonyl (C=O) groups excluding carboxylic acids is 2. The maximum atomic E-state index is 13.1. The Hall–Kier alpha value is -3.09. The topological polar surface area (TPSA) is 59.1 Å². The highest BCUT2D eigenvalue weighted by atomic mass is 19.1. The summed E-state index contributed by atoms with van der Waals surface area (Å²) in [4.78, 5) is 28.6. The molecular weight excluding hydrogens is 375 g/mol. The van der Waals surface area contributed by atoms with E-state index in [0.717, 1.165) is 0 Å². The second-order valence-electron chi connectivity index (χ2n) is 6.70. The number of halogens is 1. The standard InChI is InChI=1S/C22H25FN2O4/c1-2-28-19-6-3-4-7-20(19)29-16-21(26)24-12-5-13-25(15-14-24)22(27)17-8-10-18(23)11-9-17/h3-4,6-11H,2,5,12-16H2,1H3. The van der Waals surface area contributed by atoms with Crippen molar-refractivity contribution in [3.05, 3.63) is 59.9 Å². The van der Waals surface area contributed by atoms with Gasteiger partial charge in [-0.05, 0) is 49.7 Å². The molecule has 0 spiro atoms. The molecule has 1 saturated heterocycles. The van der Waals surface area contributed by atoms with Crippen molar-refractivity contribution in [1.82, 2.24) is 9.80 Å². The Morgan fingerprint density at radius 3 is 2.21 bits per heavy atom. The number of hydrogen-bond donors (Lipinski definition) is 0.